The molecular formula is C17H16F3N3O3. The second-order valence-corrected chi connectivity index (χ2v) is 5.13. The van der Waals surface area contributed by atoms with Crippen molar-refractivity contribution in [2.24, 2.45) is 10.8 Å². The van der Waals surface area contributed by atoms with Crippen molar-refractivity contribution in [3.8, 4) is 11.5 Å². The number of urea groups is 1. The first-order chi connectivity index (χ1) is 12.3. The van der Waals surface area contributed by atoms with Gasteiger partial charge in [-0.15, -0.1) is 0 Å². The predicted molar refractivity (Wildman–Crippen MR) is 89.1 cm³/mol. The fourth-order valence-corrected chi connectivity index (χ4v) is 2.06. The zero-order valence-corrected chi connectivity index (χ0v) is 13.7. The second-order valence-electron chi connectivity index (χ2n) is 5.13. The quantitative estimate of drug-likeness (QED) is 0.607. The molecule has 2 amide bonds. The van der Waals surface area contributed by atoms with Crippen LogP contribution >= 0.6 is 0 Å². The summed E-state index contributed by atoms with van der Waals surface area (Å²) in [5.41, 5.74) is 7.13. The molecule has 0 spiro atoms. The zero-order valence-electron chi connectivity index (χ0n) is 13.7. The molecule has 0 heterocycles. The average molecular weight is 367 g/mol. The number of rotatable bonds is 6. The highest BCUT2D eigenvalue weighted by atomic mass is 19.4. The number of benzene rings is 2. The monoisotopic (exact) mass is 367 g/mol. The van der Waals surface area contributed by atoms with Crippen molar-refractivity contribution < 1.29 is 27.4 Å². The number of nitrogens with zero attached hydrogens (tertiary/aromatic N) is 1. The van der Waals surface area contributed by atoms with Crippen LogP contribution in [0.4, 0.5) is 18.0 Å². The standard InChI is InChI=1S/C17H16F3N3O3/c1-25-14-6-5-11(9-22-23-16(21)24)8-15(14)26-10-12-3-2-4-13(7-12)17(18,19)20/h2-9H,10H2,1H3,(H3,21,23,24). The third-order valence-electron chi connectivity index (χ3n) is 3.22. The predicted octanol–water partition coefficient (Wildman–Crippen LogP) is 3.30. The highest BCUT2D eigenvalue weighted by Crippen LogP contribution is 2.31. The molecule has 138 valence electrons. The molecule has 0 unspecified atom stereocenters. The highest BCUT2D eigenvalue weighted by Gasteiger charge is 2.30. The number of methoxy groups -OCH3 is 1. The number of primary amides is 1. The molecule has 0 aromatic heterocycles. The Labute approximate surface area is 147 Å². The van der Waals surface area contributed by atoms with Crippen LogP contribution in [0.15, 0.2) is 47.6 Å². The van der Waals surface area contributed by atoms with E-state index in [1.165, 1.54) is 25.5 Å². The van der Waals surface area contributed by atoms with Crippen LogP contribution in [-0.2, 0) is 12.8 Å². The van der Waals surface area contributed by atoms with Gasteiger partial charge in [-0.1, -0.05) is 12.1 Å². The van der Waals surface area contributed by atoms with Gasteiger partial charge >= 0.3 is 12.2 Å². The number of carbonyl (C=O) groups excluding carboxylic acids is 1. The number of carbonyl (C=O) groups is 1. The molecular weight excluding hydrogens is 351 g/mol. The summed E-state index contributed by atoms with van der Waals surface area (Å²) in [6.07, 6.45) is -3.08. The molecule has 0 aliphatic rings. The smallest absolute Gasteiger partial charge is 0.416 e. The van der Waals surface area contributed by atoms with Crippen LogP contribution < -0.4 is 20.6 Å². The Balaban J connectivity index is 2.15. The molecule has 0 aliphatic carbocycles. The number of nitrogens with two attached hydrogens (primary N) is 1. The summed E-state index contributed by atoms with van der Waals surface area (Å²) in [4.78, 5) is 10.6. The molecule has 2 aromatic rings. The lowest BCUT2D eigenvalue weighted by atomic mass is 10.1. The van der Waals surface area contributed by atoms with Gasteiger partial charge in [0.05, 0.1) is 18.9 Å². The van der Waals surface area contributed by atoms with Crippen molar-refractivity contribution in [2.75, 3.05) is 7.11 Å². The van der Waals surface area contributed by atoms with Gasteiger partial charge in [-0.2, -0.15) is 18.3 Å². The van der Waals surface area contributed by atoms with Gasteiger partial charge in [0.2, 0.25) is 0 Å². The molecule has 0 bridgehead atoms. The number of amides is 2. The van der Waals surface area contributed by atoms with Gasteiger partial charge in [0.15, 0.2) is 11.5 Å². The molecule has 3 N–H and O–H groups in total. The summed E-state index contributed by atoms with van der Waals surface area (Å²) in [6.45, 7) is -0.0829. The Morgan fingerprint density at radius 3 is 2.65 bits per heavy atom. The maximum Gasteiger partial charge on any atom is 0.416 e. The molecule has 2 aromatic carbocycles. The fourth-order valence-electron chi connectivity index (χ4n) is 2.06. The maximum absolute atomic E-state index is 12.8. The van der Waals surface area contributed by atoms with Crippen LogP contribution in [0, 0.1) is 0 Å². The maximum atomic E-state index is 12.8. The Kier molecular flexibility index (Phi) is 6.05. The van der Waals surface area contributed by atoms with Gasteiger partial charge in [-0.3, -0.25) is 0 Å². The lowest BCUT2D eigenvalue weighted by molar-refractivity contribution is -0.137. The van der Waals surface area contributed by atoms with Crippen molar-refractivity contribution in [1.29, 1.82) is 0 Å². The van der Waals surface area contributed by atoms with Crippen LogP contribution in [0.2, 0.25) is 0 Å². The Morgan fingerprint density at radius 1 is 1.23 bits per heavy atom. The van der Waals surface area contributed by atoms with Crippen LogP contribution in [0.3, 0.4) is 0 Å². The lowest BCUT2D eigenvalue weighted by Gasteiger charge is -2.13. The number of hydrazone groups is 1. The van der Waals surface area contributed by atoms with E-state index in [-0.39, 0.29) is 6.61 Å². The Hall–Kier alpha value is -3.23. The number of hydrogen-bond donors (Lipinski definition) is 2. The topological polar surface area (TPSA) is 85.9 Å². The zero-order chi connectivity index (χ0) is 19.2. The number of ether oxygens (including phenoxy) is 2. The summed E-state index contributed by atoms with van der Waals surface area (Å²) in [7, 11) is 1.44. The van der Waals surface area contributed by atoms with E-state index >= 15 is 0 Å². The molecule has 0 saturated heterocycles. The minimum absolute atomic E-state index is 0.0829. The van der Waals surface area contributed by atoms with E-state index in [1.54, 1.807) is 18.2 Å². The van der Waals surface area contributed by atoms with E-state index in [0.717, 1.165) is 12.1 Å². The van der Waals surface area contributed by atoms with Crippen molar-refractivity contribution in [2.45, 2.75) is 12.8 Å². The number of hydrogen-bond acceptors (Lipinski definition) is 4. The highest BCUT2D eigenvalue weighted by molar-refractivity contribution is 5.82. The molecule has 0 atom stereocenters. The van der Waals surface area contributed by atoms with Gasteiger partial charge in [0, 0.05) is 0 Å². The number of nitrogens with one attached hydrogen (secondary N) is 1. The SMILES string of the molecule is COc1ccc(C=NNC(N)=O)cc1OCc1cccc(C(F)(F)F)c1. The normalized spacial score (nSPS) is 11.4. The van der Waals surface area contributed by atoms with Gasteiger partial charge in [-0.05, 0) is 41.5 Å². The van der Waals surface area contributed by atoms with E-state index in [1.807, 2.05) is 5.43 Å². The van der Waals surface area contributed by atoms with E-state index in [9.17, 15) is 18.0 Å². The summed E-state index contributed by atoms with van der Waals surface area (Å²) >= 11 is 0. The first-order valence-electron chi connectivity index (χ1n) is 7.35. The summed E-state index contributed by atoms with van der Waals surface area (Å²) in [6, 6.07) is 8.88. The third-order valence-corrected chi connectivity index (χ3v) is 3.22. The molecule has 6 nitrogen and oxygen atoms in total. The Bertz CT molecular complexity index is 807. The minimum atomic E-state index is -4.42. The van der Waals surface area contributed by atoms with E-state index in [2.05, 4.69) is 5.10 Å². The molecule has 0 radical (unpaired) electrons. The van der Waals surface area contributed by atoms with Crippen LogP contribution in [0.25, 0.3) is 0 Å². The number of alkyl halides is 3. The van der Waals surface area contributed by atoms with Crippen LogP contribution in [0.5, 0.6) is 11.5 Å². The van der Waals surface area contributed by atoms with Gasteiger partial charge < -0.3 is 15.2 Å². The molecule has 2 rings (SSSR count). The molecule has 0 saturated carbocycles. The Morgan fingerprint density at radius 2 is 2.00 bits per heavy atom. The third kappa shape index (κ3) is 5.40. The van der Waals surface area contributed by atoms with Crippen LogP contribution in [0.1, 0.15) is 16.7 Å². The summed E-state index contributed by atoms with van der Waals surface area (Å²) < 4.78 is 49.0. The molecule has 26 heavy (non-hydrogen) atoms. The second kappa shape index (κ2) is 8.24. The number of halogens is 3. The largest absolute Gasteiger partial charge is 0.493 e. The van der Waals surface area contributed by atoms with Crippen molar-refractivity contribution in [1.82, 2.24) is 5.43 Å². The first-order valence-corrected chi connectivity index (χ1v) is 7.35. The summed E-state index contributed by atoms with van der Waals surface area (Å²) in [5.74, 6) is 0.713. The molecule has 9 heteroatoms. The first kappa shape index (κ1) is 19.1. The molecule has 0 aliphatic heterocycles. The average Bonchev–Trinajstić information content (AvgIpc) is 2.59. The van der Waals surface area contributed by atoms with Gasteiger partial charge in [-0.25, -0.2) is 10.2 Å². The fraction of sp³-hybridized carbons (Fsp3) is 0.176. The van der Waals surface area contributed by atoms with Crippen molar-refractivity contribution >= 4 is 12.2 Å². The minimum Gasteiger partial charge on any atom is -0.493 e. The van der Waals surface area contributed by atoms with E-state index < -0.39 is 17.8 Å². The van der Waals surface area contributed by atoms with Gasteiger partial charge in [0.25, 0.3) is 0 Å². The van der Waals surface area contributed by atoms with Gasteiger partial charge in [0.1, 0.15) is 6.61 Å². The summed E-state index contributed by atoms with van der Waals surface area (Å²) in [5, 5.41) is 3.62. The van der Waals surface area contributed by atoms with E-state index in [0.29, 0.717) is 22.6 Å². The van der Waals surface area contributed by atoms with E-state index in [4.69, 9.17) is 15.2 Å². The lowest BCUT2D eigenvalue weighted by Crippen LogP contribution is -2.24. The van der Waals surface area contributed by atoms with Crippen molar-refractivity contribution in [3.05, 3.63) is 59.2 Å². The van der Waals surface area contributed by atoms with Crippen molar-refractivity contribution in [3.63, 3.8) is 0 Å². The van der Waals surface area contributed by atoms with Crippen LogP contribution in [-0.4, -0.2) is 19.4 Å². The molecule has 0 fully saturated rings.